The van der Waals surface area contributed by atoms with Crippen molar-refractivity contribution in [3.63, 3.8) is 0 Å². The second-order valence-electron chi connectivity index (χ2n) is 5.93. The maximum Gasteiger partial charge on any atom is 0.335 e. The van der Waals surface area contributed by atoms with Gasteiger partial charge in [-0.2, -0.15) is 0 Å². The summed E-state index contributed by atoms with van der Waals surface area (Å²) in [5, 5.41) is 11.5. The number of hydrogen-bond acceptors (Lipinski definition) is 4. The van der Waals surface area contributed by atoms with E-state index in [0.717, 1.165) is 16.0 Å². The quantitative estimate of drug-likeness (QED) is 0.805. The molecule has 1 aliphatic rings. The van der Waals surface area contributed by atoms with Crippen molar-refractivity contribution in [2.75, 3.05) is 10.2 Å². The fraction of sp³-hybridized carbons (Fsp3) is 0.105. The van der Waals surface area contributed by atoms with E-state index in [0.29, 0.717) is 11.4 Å². The second-order valence-corrected chi connectivity index (χ2v) is 6.31. The van der Waals surface area contributed by atoms with Gasteiger partial charge in [-0.05, 0) is 49.7 Å². The van der Waals surface area contributed by atoms with Gasteiger partial charge in [0, 0.05) is 5.69 Å². The zero-order valence-electron chi connectivity index (χ0n) is 14.0. The third kappa shape index (κ3) is 3.07. The summed E-state index contributed by atoms with van der Waals surface area (Å²) in [6.45, 7) is 3.73. The average Bonchev–Trinajstić information content (AvgIpc) is 2.80. The lowest BCUT2D eigenvalue weighted by molar-refractivity contribution is -0.120. The summed E-state index contributed by atoms with van der Waals surface area (Å²) in [7, 11) is 0. The number of carbonyl (C=O) groups excluding carboxylic acids is 2. The summed E-state index contributed by atoms with van der Waals surface area (Å²) in [5.41, 5.74) is 2.79. The minimum Gasteiger partial charge on any atom is -0.478 e. The van der Waals surface area contributed by atoms with E-state index in [2.05, 4.69) is 5.32 Å². The Hall–Kier alpha value is -3.12. The van der Waals surface area contributed by atoms with Crippen molar-refractivity contribution in [1.29, 1.82) is 0 Å². The van der Waals surface area contributed by atoms with E-state index in [1.54, 1.807) is 6.07 Å². The number of halogens is 1. The maximum atomic E-state index is 12.7. The number of carboxylic acids is 1. The van der Waals surface area contributed by atoms with E-state index in [-0.39, 0.29) is 16.3 Å². The molecule has 0 radical (unpaired) electrons. The van der Waals surface area contributed by atoms with Gasteiger partial charge in [-0.1, -0.05) is 29.3 Å². The van der Waals surface area contributed by atoms with Crippen LogP contribution in [0.2, 0.25) is 0 Å². The van der Waals surface area contributed by atoms with Crippen LogP contribution in [0.1, 0.15) is 21.5 Å². The molecule has 132 valence electrons. The number of anilines is 2. The van der Waals surface area contributed by atoms with E-state index in [9.17, 15) is 14.4 Å². The molecule has 0 atom stereocenters. The summed E-state index contributed by atoms with van der Waals surface area (Å²) in [6, 6.07) is 11.2. The molecule has 6 nitrogen and oxygen atoms in total. The number of rotatable bonds is 4. The Balaban J connectivity index is 1.90. The van der Waals surface area contributed by atoms with Gasteiger partial charge in [0.2, 0.25) is 0 Å². The Morgan fingerprint density at radius 3 is 2.27 bits per heavy atom. The number of benzene rings is 2. The maximum absolute atomic E-state index is 12.7. The first-order valence-corrected chi connectivity index (χ1v) is 8.13. The molecular formula is C19H15ClN2O4. The topological polar surface area (TPSA) is 86.7 Å². The van der Waals surface area contributed by atoms with Crippen molar-refractivity contribution >= 4 is 40.8 Å². The predicted molar refractivity (Wildman–Crippen MR) is 98.3 cm³/mol. The van der Waals surface area contributed by atoms with Crippen LogP contribution in [-0.2, 0) is 9.59 Å². The molecule has 1 aliphatic heterocycles. The van der Waals surface area contributed by atoms with Crippen molar-refractivity contribution in [3.8, 4) is 0 Å². The molecule has 0 saturated carbocycles. The number of hydrogen-bond donors (Lipinski definition) is 2. The van der Waals surface area contributed by atoms with Crippen LogP contribution in [-0.4, -0.2) is 22.9 Å². The van der Waals surface area contributed by atoms with Crippen molar-refractivity contribution in [2.24, 2.45) is 0 Å². The number of nitrogens with zero attached hydrogens (tertiary/aromatic N) is 1. The van der Waals surface area contributed by atoms with Crippen LogP contribution in [0.5, 0.6) is 0 Å². The van der Waals surface area contributed by atoms with E-state index in [4.69, 9.17) is 16.7 Å². The molecule has 1 heterocycles. The summed E-state index contributed by atoms with van der Waals surface area (Å²) in [6.07, 6.45) is 0. The molecule has 7 heteroatoms. The molecule has 2 aromatic carbocycles. The number of carbonyl (C=O) groups is 3. The first kappa shape index (κ1) is 17.7. The van der Waals surface area contributed by atoms with Gasteiger partial charge in [0.15, 0.2) is 0 Å². The fourth-order valence-electron chi connectivity index (χ4n) is 2.73. The van der Waals surface area contributed by atoms with Gasteiger partial charge in [0.25, 0.3) is 11.8 Å². The fourth-order valence-corrected chi connectivity index (χ4v) is 2.94. The third-order valence-electron chi connectivity index (χ3n) is 4.02. The molecule has 3 rings (SSSR count). The third-order valence-corrected chi connectivity index (χ3v) is 4.37. The highest BCUT2D eigenvalue weighted by Crippen LogP contribution is 2.32. The monoisotopic (exact) mass is 370 g/mol. The van der Waals surface area contributed by atoms with Crippen LogP contribution in [0, 0.1) is 13.8 Å². The molecule has 2 N–H and O–H groups in total. The normalized spacial score (nSPS) is 14.2. The molecule has 26 heavy (non-hydrogen) atoms. The van der Waals surface area contributed by atoms with E-state index in [1.807, 2.05) is 26.0 Å². The molecule has 0 aromatic heterocycles. The van der Waals surface area contributed by atoms with Gasteiger partial charge in [-0.3, -0.25) is 9.59 Å². The van der Waals surface area contributed by atoms with Crippen LogP contribution in [0.4, 0.5) is 11.4 Å². The Morgan fingerprint density at radius 1 is 1.04 bits per heavy atom. The summed E-state index contributed by atoms with van der Waals surface area (Å²) in [4.78, 5) is 37.2. The number of carboxylic acid groups (broad SMARTS) is 1. The van der Waals surface area contributed by atoms with Gasteiger partial charge in [0.1, 0.15) is 10.7 Å². The number of aryl methyl sites for hydroxylation is 2. The highest BCUT2D eigenvalue weighted by Gasteiger charge is 2.39. The molecule has 0 spiro atoms. The largest absolute Gasteiger partial charge is 0.478 e. The van der Waals surface area contributed by atoms with E-state index in [1.165, 1.54) is 24.3 Å². The van der Waals surface area contributed by atoms with Crippen molar-refractivity contribution in [2.45, 2.75) is 13.8 Å². The summed E-state index contributed by atoms with van der Waals surface area (Å²) < 4.78 is 0. The van der Waals surface area contributed by atoms with Crippen LogP contribution in [0.15, 0.2) is 53.2 Å². The van der Waals surface area contributed by atoms with Gasteiger partial charge in [-0.15, -0.1) is 0 Å². The zero-order chi connectivity index (χ0) is 19.0. The Labute approximate surface area is 154 Å². The van der Waals surface area contributed by atoms with Gasteiger partial charge >= 0.3 is 5.97 Å². The number of imide groups is 1. The lowest BCUT2D eigenvalue weighted by Gasteiger charge is -2.18. The SMILES string of the molecule is Cc1ccc(N2C(=O)C(Cl)=C(Nc3ccc(C(=O)O)cc3)C2=O)c(C)c1. The molecule has 0 unspecified atom stereocenters. The predicted octanol–water partition coefficient (Wildman–Crippen LogP) is 3.44. The van der Waals surface area contributed by atoms with E-state index < -0.39 is 17.8 Å². The minimum atomic E-state index is -1.05. The molecule has 0 fully saturated rings. The van der Waals surface area contributed by atoms with Crippen molar-refractivity contribution in [1.82, 2.24) is 0 Å². The smallest absolute Gasteiger partial charge is 0.335 e. The summed E-state index contributed by atoms with van der Waals surface area (Å²) >= 11 is 6.09. The van der Waals surface area contributed by atoms with Crippen LogP contribution in [0.3, 0.4) is 0 Å². The van der Waals surface area contributed by atoms with E-state index >= 15 is 0 Å². The first-order chi connectivity index (χ1) is 12.3. The van der Waals surface area contributed by atoms with Gasteiger partial charge < -0.3 is 10.4 Å². The molecular weight excluding hydrogens is 356 g/mol. The van der Waals surface area contributed by atoms with Crippen molar-refractivity contribution < 1.29 is 19.5 Å². The number of amides is 2. The highest BCUT2D eigenvalue weighted by atomic mass is 35.5. The molecule has 2 amide bonds. The second kappa shape index (κ2) is 6.65. The number of nitrogens with one attached hydrogen (secondary N) is 1. The van der Waals surface area contributed by atoms with Crippen LogP contribution < -0.4 is 10.2 Å². The van der Waals surface area contributed by atoms with Crippen LogP contribution >= 0.6 is 11.6 Å². The standard InChI is InChI=1S/C19H15ClN2O4/c1-10-3-8-14(11(2)9-10)22-17(23)15(20)16(18(22)24)21-13-6-4-12(5-7-13)19(25)26/h3-9,21H,1-2H3,(H,25,26). The van der Waals surface area contributed by atoms with Crippen molar-refractivity contribution in [3.05, 3.63) is 69.9 Å². The van der Waals surface area contributed by atoms with Gasteiger partial charge in [-0.25, -0.2) is 9.69 Å². The zero-order valence-corrected chi connectivity index (χ0v) is 14.8. The highest BCUT2D eigenvalue weighted by molar-refractivity contribution is 6.53. The Kier molecular flexibility index (Phi) is 4.52. The molecule has 0 saturated heterocycles. The Bertz CT molecular complexity index is 964. The molecule has 0 bridgehead atoms. The average molecular weight is 371 g/mol. The molecule has 2 aromatic rings. The lowest BCUT2D eigenvalue weighted by Crippen LogP contribution is -2.32. The number of aromatic carboxylic acids is 1. The van der Waals surface area contributed by atoms with Crippen LogP contribution in [0.25, 0.3) is 0 Å². The Morgan fingerprint density at radius 2 is 1.69 bits per heavy atom. The first-order valence-electron chi connectivity index (χ1n) is 7.76. The van der Waals surface area contributed by atoms with Gasteiger partial charge in [0.05, 0.1) is 11.3 Å². The lowest BCUT2D eigenvalue weighted by atomic mass is 10.1. The minimum absolute atomic E-state index is 0.0419. The molecule has 0 aliphatic carbocycles. The summed E-state index contributed by atoms with van der Waals surface area (Å²) in [5.74, 6) is -2.22.